The molecule has 144 valence electrons. The van der Waals surface area contributed by atoms with Crippen LogP contribution < -0.4 is 4.90 Å². The van der Waals surface area contributed by atoms with E-state index in [1.165, 1.54) is 0 Å². The number of hydrogen-bond donors (Lipinski definition) is 0. The highest BCUT2D eigenvalue weighted by Gasteiger charge is 2.29. The number of Topliss-reactive ketones (excluding diaryl/α,β-unsaturated/α-hetero) is 1. The molecule has 1 aliphatic heterocycles. The first kappa shape index (κ1) is 18.3. The number of carbonyl (C=O) groups is 1. The van der Waals surface area contributed by atoms with Gasteiger partial charge in [-0.15, -0.1) is 0 Å². The third-order valence-electron chi connectivity index (χ3n) is 5.19. The third kappa shape index (κ3) is 3.78. The van der Waals surface area contributed by atoms with Crippen LogP contribution in [0.25, 0.3) is 11.4 Å². The molecule has 7 heteroatoms. The predicted octanol–water partition coefficient (Wildman–Crippen LogP) is 3.08. The van der Waals surface area contributed by atoms with Crippen molar-refractivity contribution in [1.29, 1.82) is 0 Å². The maximum atomic E-state index is 12.7. The molecule has 0 amide bonds. The molecule has 0 aromatic carbocycles. The summed E-state index contributed by atoms with van der Waals surface area (Å²) in [5, 5.41) is 4.11. The zero-order chi connectivity index (χ0) is 19.5. The van der Waals surface area contributed by atoms with Crippen molar-refractivity contribution in [2.24, 2.45) is 7.05 Å². The van der Waals surface area contributed by atoms with E-state index in [1.807, 2.05) is 19.2 Å². The molecule has 0 N–H and O–H groups in total. The largest absolute Gasteiger partial charge is 0.353 e. The Hall–Kier alpha value is -3.09. The Balaban J connectivity index is 1.61. The molecule has 1 atom stereocenters. The van der Waals surface area contributed by atoms with E-state index in [9.17, 15) is 4.79 Å². The molecule has 1 fully saturated rings. The van der Waals surface area contributed by atoms with Gasteiger partial charge >= 0.3 is 0 Å². The summed E-state index contributed by atoms with van der Waals surface area (Å²) in [4.78, 5) is 28.5. The number of carbonyl (C=O) groups excluding carboxylic acids is 1. The lowest BCUT2D eigenvalue weighted by Crippen LogP contribution is -2.32. The highest BCUT2D eigenvalue weighted by molar-refractivity contribution is 5.96. The summed E-state index contributed by atoms with van der Waals surface area (Å²) in [5.74, 6) is 1.74. The van der Waals surface area contributed by atoms with Crippen LogP contribution in [0.2, 0.25) is 0 Å². The molecule has 0 saturated carbocycles. The van der Waals surface area contributed by atoms with Gasteiger partial charge < -0.3 is 4.90 Å². The molecule has 7 nitrogen and oxygen atoms in total. The molecule has 4 heterocycles. The van der Waals surface area contributed by atoms with Crippen LogP contribution in [-0.2, 0) is 13.5 Å². The second-order valence-corrected chi connectivity index (χ2v) is 7.15. The van der Waals surface area contributed by atoms with E-state index in [4.69, 9.17) is 4.98 Å². The van der Waals surface area contributed by atoms with Crippen LogP contribution in [0.4, 0.5) is 5.82 Å². The van der Waals surface area contributed by atoms with Gasteiger partial charge in [-0.25, -0.2) is 9.97 Å². The van der Waals surface area contributed by atoms with E-state index in [0.717, 1.165) is 42.9 Å². The molecular weight excluding hydrogens is 352 g/mol. The maximum absolute atomic E-state index is 12.7. The predicted molar refractivity (Wildman–Crippen MR) is 107 cm³/mol. The van der Waals surface area contributed by atoms with Crippen molar-refractivity contribution in [1.82, 2.24) is 24.7 Å². The fourth-order valence-electron chi connectivity index (χ4n) is 3.69. The molecule has 1 saturated heterocycles. The third-order valence-corrected chi connectivity index (χ3v) is 5.19. The molecular formula is C21H24N6O. The van der Waals surface area contributed by atoms with E-state index in [-0.39, 0.29) is 11.8 Å². The molecule has 3 aromatic heterocycles. The Bertz CT molecular complexity index is 968. The molecule has 0 radical (unpaired) electrons. The van der Waals surface area contributed by atoms with Crippen LogP contribution in [0.5, 0.6) is 0 Å². The van der Waals surface area contributed by atoms with Gasteiger partial charge in [-0.2, -0.15) is 5.10 Å². The van der Waals surface area contributed by atoms with Crippen LogP contribution in [-0.4, -0.2) is 43.1 Å². The van der Waals surface area contributed by atoms with E-state index < -0.39 is 0 Å². The maximum Gasteiger partial charge on any atom is 0.168 e. The van der Waals surface area contributed by atoms with Crippen molar-refractivity contribution in [2.45, 2.75) is 38.6 Å². The summed E-state index contributed by atoms with van der Waals surface area (Å²) >= 11 is 0. The van der Waals surface area contributed by atoms with Crippen LogP contribution in [0.1, 0.15) is 42.2 Å². The lowest BCUT2D eigenvalue weighted by atomic mass is 10.0. The Morgan fingerprint density at radius 1 is 1.25 bits per heavy atom. The Morgan fingerprint density at radius 2 is 2.07 bits per heavy atom. The molecule has 28 heavy (non-hydrogen) atoms. The van der Waals surface area contributed by atoms with Gasteiger partial charge in [-0.3, -0.25) is 14.5 Å². The Kier molecular flexibility index (Phi) is 5.14. The molecule has 4 rings (SSSR count). The molecule has 0 aliphatic carbocycles. The second kappa shape index (κ2) is 7.88. The average molecular weight is 376 g/mol. The normalized spacial score (nSPS) is 16.5. The number of hydrogen-bond acceptors (Lipinski definition) is 6. The summed E-state index contributed by atoms with van der Waals surface area (Å²) < 4.78 is 1.67. The van der Waals surface area contributed by atoms with E-state index in [1.54, 1.807) is 29.5 Å². The number of nitrogens with zero attached hydrogens (tertiary/aromatic N) is 6. The number of ketones is 1. The number of rotatable bonds is 6. The van der Waals surface area contributed by atoms with Gasteiger partial charge in [0.05, 0.1) is 11.8 Å². The quantitative estimate of drug-likeness (QED) is 0.615. The van der Waals surface area contributed by atoms with Gasteiger partial charge in [0.25, 0.3) is 0 Å². The molecule has 1 aliphatic rings. The first-order chi connectivity index (χ1) is 13.6. The molecule has 1 unspecified atom stereocenters. The van der Waals surface area contributed by atoms with Crippen molar-refractivity contribution >= 4 is 11.6 Å². The highest BCUT2D eigenvalue weighted by Crippen LogP contribution is 2.29. The minimum Gasteiger partial charge on any atom is -0.353 e. The number of pyridine rings is 1. The minimum atomic E-state index is 0.129. The van der Waals surface area contributed by atoms with Crippen LogP contribution in [0.15, 0.2) is 43.0 Å². The Morgan fingerprint density at radius 3 is 2.79 bits per heavy atom. The van der Waals surface area contributed by atoms with Gasteiger partial charge in [0.1, 0.15) is 5.82 Å². The second-order valence-electron chi connectivity index (χ2n) is 7.15. The van der Waals surface area contributed by atoms with Crippen LogP contribution in [0.3, 0.4) is 0 Å². The summed E-state index contributed by atoms with van der Waals surface area (Å²) in [7, 11) is 1.83. The standard InChI is InChI=1S/C21H24N6O/c1-3-17-11-20(25-21(24-17)15-6-8-22-9-7-15)27-10-4-5-18(27)12-19(28)16-13-23-26(2)14-16/h6-9,11,13-14,18H,3-5,10,12H2,1-2H3. The lowest BCUT2D eigenvalue weighted by Gasteiger charge is -2.26. The molecule has 0 bridgehead atoms. The fraction of sp³-hybridized carbons (Fsp3) is 0.381. The minimum absolute atomic E-state index is 0.129. The molecule has 0 spiro atoms. The smallest absolute Gasteiger partial charge is 0.168 e. The zero-order valence-corrected chi connectivity index (χ0v) is 16.2. The number of anilines is 1. The van der Waals surface area contributed by atoms with Crippen molar-refractivity contribution in [3.8, 4) is 11.4 Å². The van der Waals surface area contributed by atoms with Gasteiger partial charge in [0.2, 0.25) is 0 Å². The van der Waals surface area contributed by atoms with E-state index >= 15 is 0 Å². The van der Waals surface area contributed by atoms with E-state index in [2.05, 4.69) is 33.0 Å². The van der Waals surface area contributed by atoms with Crippen molar-refractivity contribution in [2.75, 3.05) is 11.4 Å². The Labute approximate surface area is 164 Å². The lowest BCUT2D eigenvalue weighted by molar-refractivity contribution is 0.0974. The van der Waals surface area contributed by atoms with Gasteiger partial charge in [-0.05, 0) is 31.4 Å². The summed E-state index contributed by atoms with van der Waals surface area (Å²) in [6, 6.07) is 6.05. The first-order valence-electron chi connectivity index (χ1n) is 9.71. The van der Waals surface area contributed by atoms with Crippen molar-refractivity contribution < 1.29 is 4.79 Å². The van der Waals surface area contributed by atoms with Crippen LogP contribution in [0, 0.1) is 0 Å². The molecule has 3 aromatic rings. The number of aromatic nitrogens is 5. The zero-order valence-electron chi connectivity index (χ0n) is 16.2. The topological polar surface area (TPSA) is 76.8 Å². The summed E-state index contributed by atoms with van der Waals surface area (Å²) in [5.41, 5.74) is 2.62. The van der Waals surface area contributed by atoms with Crippen LogP contribution >= 0.6 is 0 Å². The monoisotopic (exact) mass is 376 g/mol. The highest BCUT2D eigenvalue weighted by atomic mass is 16.1. The summed E-state index contributed by atoms with van der Waals surface area (Å²) in [6.07, 6.45) is 10.3. The fourth-order valence-corrected chi connectivity index (χ4v) is 3.69. The average Bonchev–Trinajstić information content (AvgIpc) is 3.37. The van der Waals surface area contributed by atoms with Gasteiger partial charge in [0.15, 0.2) is 11.6 Å². The van der Waals surface area contributed by atoms with E-state index in [0.29, 0.717) is 17.8 Å². The van der Waals surface area contributed by atoms with Gasteiger partial charge in [0, 0.05) is 62.0 Å². The summed E-state index contributed by atoms with van der Waals surface area (Å²) in [6.45, 7) is 3.00. The number of aryl methyl sites for hydroxylation is 2. The first-order valence-corrected chi connectivity index (χ1v) is 9.71. The van der Waals surface area contributed by atoms with Gasteiger partial charge in [-0.1, -0.05) is 6.92 Å². The van der Waals surface area contributed by atoms with Crippen molar-refractivity contribution in [3.63, 3.8) is 0 Å². The SMILES string of the molecule is CCc1cc(N2CCCC2CC(=O)c2cnn(C)c2)nc(-c2ccncc2)n1. The van der Waals surface area contributed by atoms with Crippen molar-refractivity contribution in [3.05, 3.63) is 54.2 Å².